The highest BCUT2D eigenvalue weighted by atomic mass is 79.9. The van der Waals surface area contributed by atoms with Gasteiger partial charge in [-0.25, -0.2) is 8.42 Å². The summed E-state index contributed by atoms with van der Waals surface area (Å²) in [7, 11) is -3.85. The smallest absolute Gasteiger partial charge is 0.258 e. The Balaban J connectivity index is 1.84. The molecule has 0 N–H and O–H groups in total. The molecule has 9 heteroatoms. The Labute approximate surface area is 134 Å². The van der Waals surface area contributed by atoms with E-state index in [0.717, 1.165) is 21.1 Å². The molecule has 1 unspecified atom stereocenters. The lowest BCUT2D eigenvalue weighted by Crippen LogP contribution is -2.12. The minimum absolute atomic E-state index is 0.0596. The van der Waals surface area contributed by atoms with Gasteiger partial charge in [0.25, 0.3) is 15.7 Å². The van der Waals surface area contributed by atoms with Gasteiger partial charge in [0, 0.05) is 22.2 Å². The van der Waals surface area contributed by atoms with Gasteiger partial charge in [-0.05, 0) is 28.7 Å². The Hall–Kier alpha value is -1.81. The minimum atomic E-state index is -3.85. The molecular weight excluding hydrogens is 376 g/mol. The van der Waals surface area contributed by atoms with Crippen LogP contribution in [0.2, 0.25) is 0 Å². The number of hydrogen-bond donors (Lipinski definition) is 0. The molecule has 2 aromatic rings. The van der Waals surface area contributed by atoms with Crippen molar-refractivity contribution in [3.05, 3.63) is 68.7 Å². The molecule has 0 radical (unpaired) electrons. The second kappa shape index (κ2) is 5.43. The predicted octanol–water partition coefficient (Wildman–Crippen LogP) is 2.99. The second-order valence-electron chi connectivity index (χ2n) is 4.52. The third-order valence-corrected chi connectivity index (χ3v) is 5.18. The summed E-state index contributed by atoms with van der Waals surface area (Å²) in [5, 5.41) is 10.6. The highest BCUT2D eigenvalue weighted by molar-refractivity contribution is 9.10. The molecule has 1 fully saturated rings. The van der Waals surface area contributed by atoms with Crippen molar-refractivity contribution in [3.8, 4) is 0 Å². The van der Waals surface area contributed by atoms with E-state index in [1.165, 1.54) is 12.1 Å². The SMILES string of the molecule is O=[N+]([O-])c1ccc(S(=O)(=O)N2O[C@H]2c2cccc(Br)c2)cc1. The summed E-state index contributed by atoms with van der Waals surface area (Å²) in [6.07, 6.45) is -0.683. The molecule has 0 spiro atoms. The van der Waals surface area contributed by atoms with Gasteiger partial charge in [-0.15, -0.1) is 0 Å². The monoisotopic (exact) mass is 384 g/mol. The number of halogens is 1. The van der Waals surface area contributed by atoms with Crippen LogP contribution in [0.5, 0.6) is 0 Å². The fourth-order valence-electron chi connectivity index (χ4n) is 1.94. The van der Waals surface area contributed by atoms with Gasteiger partial charge < -0.3 is 0 Å². The van der Waals surface area contributed by atoms with Crippen molar-refractivity contribution in [1.29, 1.82) is 0 Å². The van der Waals surface area contributed by atoms with Crippen LogP contribution in [-0.2, 0) is 14.9 Å². The minimum Gasteiger partial charge on any atom is -0.258 e. The topological polar surface area (TPSA) is 92.8 Å². The number of non-ortho nitro benzene ring substituents is 1. The molecule has 0 aromatic heterocycles. The van der Waals surface area contributed by atoms with E-state index < -0.39 is 21.2 Å². The lowest BCUT2D eigenvalue weighted by Gasteiger charge is -2.02. The van der Waals surface area contributed by atoms with Gasteiger partial charge >= 0.3 is 0 Å². The van der Waals surface area contributed by atoms with Crippen LogP contribution in [0.1, 0.15) is 11.8 Å². The van der Waals surface area contributed by atoms with Crippen LogP contribution >= 0.6 is 15.9 Å². The summed E-state index contributed by atoms with van der Waals surface area (Å²) >= 11 is 3.31. The summed E-state index contributed by atoms with van der Waals surface area (Å²) in [5.41, 5.74) is 0.522. The fraction of sp³-hybridized carbons (Fsp3) is 0.0769. The highest BCUT2D eigenvalue weighted by Crippen LogP contribution is 2.42. The molecular formula is C13H9BrN2O5S. The van der Waals surface area contributed by atoms with E-state index in [0.29, 0.717) is 5.56 Å². The lowest BCUT2D eigenvalue weighted by molar-refractivity contribution is -0.384. The van der Waals surface area contributed by atoms with E-state index in [2.05, 4.69) is 15.9 Å². The van der Waals surface area contributed by atoms with Crippen molar-refractivity contribution < 1.29 is 18.2 Å². The van der Waals surface area contributed by atoms with E-state index >= 15 is 0 Å². The molecule has 1 heterocycles. The quantitative estimate of drug-likeness (QED) is 0.458. The van der Waals surface area contributed by atoms with Crippen LogP contribution < -0.4 is 0 Å². The van der Waals surface area contributed by atoms with Gasteiger partial charge in [0.05, 0.1) is 9.82 Å². The third kappa shape index (κ3) is 2.75. The third-order valence-electron chi connectivity index (χ3n) is 3.07. The predicted molar refractivity (Wildman–Crippen MR) is 80.1 cm³/mol. The first kappa shape index (κ1) is 15.1. The largest absolute Gasteiger partial charge is 0.269 e. The molecule has 0 saturated carbocycles. The Morgan fingerprint density at radius 2 is 1.86 bits per heavy atom. The lowest BCUT2D eigenvalue weighted by atomic mass is 10.2. The molecule has 1 aliphatic heterocycles. The van der Waals surface area contributed by atoms with Gasteiger partial charge in [-0.3, -0.25) is 15.0 Å². The summed E-state index contributed by atoms with van der Waals surface area (Å²) in [4.78, 5) is 15.1. The summed E-state index contributed by atoms with van der Waals surface area (Å²) in [6, 6.07) is 11.8. The van der Waals surface area contributed by atoms with Gasteiger partial charge in [0.2, 0.25) is 0 Å². The van der Waals surface area contributed by atoms with Crippen molar-refractivity contribution in [2.45, 2.75) is 11.1 Å². The number of nitro groups is 1. The van der Waals surface area contributed by atoms with Gasteiger partial charge in [-0.2, -0.15) is 0 Å². The maximum atomic E-state index is 12.4. The molecule has 0 bridgehead atoms. The Bertz CT molecular complexity index is 838. The van der Waals surface area contributed by atoms with Crippen molar-refractivity contribution >= 4 is 31.6 Å². The van der Waals surface area contributed by atoms with E-state index in [9.17, 15) is 18.5 Å². The molecule has 2 aromatic carbocycles. The molecule has 0 amide bonds. The Kier molecular flexibility index (Phi) is 3.73. The fourth-order valence-corrected chi connectivity index (χ4v) is 3.61. The summed E-state index contributed by atoms with van der Waals surface area (Å²) in [6.45, 7) is 0. The average Bonchev–Trinajstić information content (AvgIpc) is 3.28. The zero-order valence-electron chi connectivity index (χ0n) is 10.9. The van der Waals surface area contributed by atoms with Crippen molar-refractivity contribution in [1.82, 2.24) is 4.47 Å². The number of nitro benzene ring substituents is 1. The zero-order valence-corrected chi connectivity index (χ0v) is 13.3. The van der Waals surface area contributed by atoms with Crippen molar-refractivity contribution in [3.63, 3.8) is 0 Å². The first-order valence-corrected chi connectivity index (χ1v) is 8.34. The Morgan fingerprint density at radius 3 is 2.45 bits per heavy atom. The number of benzene rings is 2. The van der Waals surface area contributed by atoms with E-state index in [1.807, 2.05) is 6.07 Å². The molecule has 3 rings (SSSR count). The molecule has 114 valence electrons. The van der Waals surface area contributed by atoms with Gasteiger partial charge in [0.15, 0.2) is 6.23 Å². The standard InChI is InChI=1S/C13H9BrN2O5S/c14-10-3-1-2-9(8-10)13-16(21-13)22(19,20)12-6-4-11(5-7-12)15(17)18/h1-8,13H/t13-,16?/m0/s1. The van der Waals surface area contributed by atoms with E-state index in [1.54, 1.807) is 18.2 Å². The number of nitrogens with zero attached hydrogens (tertiary/aromatic N) is 2. The molecule has 1 aliphatic rings. The Morgan fingerprint density at radius 1 is 1.18 bits per heavy atom. The molecule has 2 atom stereocenters. The van der Waals surface area contributed by atoms with Crippen LogP contribution in [0.25, 0.3) is 0 Å². The number of hydroxylamine groups is 1. The van der Waals surface area contributed by atoms with E-state index in [-0.39, 0.29) is 10.6 Å². The maximum absolute atomic E-state index is 12.4. The number of hydrogen-bond acceptors (Lipinski definition) is 5. The zero-order chi connectivity index (χ0) is 15.9. The molecule has 7 nitrogen and oxygen atoms in total. The summed E-state index contributed by atoms with van der Waals surface area (Å²) in [5.74, 6) is 0. The van der Waals surface area contributed by atoms with Crippen LogP contribution in [0.3, 0.4) is 0 Å². The normalized spacial score (nSPS) is 20.6. The van der Waals surface area contributed by atoms with Crippen LogP contribution in [-0.4, -0.2) is 17.8 Å². The first-order valence-electron chi connectivity index (χ1n) is 6.11. The van der Waals surface area contributed by atoms with Crippen molar-refractivity contribution in [2.75, 3.05) is 0 Å². The van der Waals surface area contributed by atoms with Gasteiger partial charge in [0.1, 0.15) is 0 Å². The van der Waals surface area contributed by atoms with Crippen LogP contribution in [0.4, 0.5) is 5.69 Å². The summed E-state index contributed by atoms with van der Waals surface area (Å²) < 4.78 is 26.4. The number of sulfonamides is 1. The molecule has 22 heavy (non-hydrogen) atoms. The van der Waals surface area contributed by atoms with Gasteiger partial charge in [-0.1, -0.05) is 28.1 Å². The molecule has 0 aliphatic carbocycles. The van der Waals surface area contributed by atoms with Crippen LogP contribution in [0, 0.1) is 10.1 Å². The second-order valence-corrected chi connectivity index (χ2v) is 7.22. The van der Waals surface area contributed by atoms with Crippen molar-refractivity contribution in [2.24, 2.45) is 0 Å². The molecule has 1 saturated heterocycles. The number of rotatable bonds is 4. The first-order chi connectivity index (χ1) is 10.4. The van der Waals surface area contributed by atoms with Crippen LogP contribution in [0.15, 0.2) is 57.9 Å². The average molecular weight is 385 g/mol. The van der Waals surface area contributed by atoms with E-state index in [4.69, 9.17) is 4.84 Å². The maximum Gasteiger partial charge on any atom is 0.269 e. The highest BCUT2D eigenvalue weighted by Gasteiger charge is 2.48.